The molecule has 3 nitrogen and oxygen atoms in total. The van der Waals surface area contributed by atoms with Gasteiger partial charge in [0.2, 0.25) is 0 Å². The first-order valence-electron chi connectivity index (χ1n) is 6.11. The maximum Gasteiger partial charge on any atom is 0.174 e. The van der Waals surface area contributed by atoms with Gasteiger partial charge in [-0.1, -0.05) is 25.5 Å². The maximum absolute atomic E-state index is 8.41. The van der Waals surface area contributed by atoms with E-state index in [-0.39, 0.29) is 6.61 Å². The normalized spacial score (nSPS) is 11.8. The van der Waals surface area contributed by atoms with E-state index in [1.165, 1.54) is 18.4 Å². The predicted octanol–water partition coefficient (Wildman–Crippen LogP) is 3.04. The zero-order chi connectivity index (χ0) is 12.5. The van der Waals surface area contributed by atoms with Crippen LogP contribution in [0.3, 0.4) is 0 Å². The minimum absolute atomic E-state index is 0.101. The number of hydrogen-bond donors (Lipinski definition) is 1. The zero-order valence-corrected chi connectivity index (χ0v) is 10.6. The lowest BCUT2D eigenvalue weighted by molar-refractivity contribution is 0.368. The summed E-state index contributed by atoms with van der Waals surface area (Å²) in [6.07, 6.45) is 2.41. The van der Waals surface area contributed by atoms with E-state index in [4.69, 9.17) is 10.00 Å². The van der Waals surface area contributed by atoms with Crippen molar-refractivity contribution in [1.29, 1.82) is 5.26 Å². The van der Waals surface area contributed by atoms with E-state index in [9.17, 15) is 0 Å². The fraction of sp³-hybridized carbons (Fsp3) is 0.500. The van der Waals surface area contributed by atoms with Crippen molar-refractivity contribution in [1.82, 2.24) is 5.32 Å². The Morgan fingerprint density at radius 1 is 1.35 bits per heavy atom. The highest BCUT2D eigenvalue weighted by Crippen LogP contribution is 2.17. The van der Waals surface area contributed by atoms with Crippen molar-refractivity contribution in [2.45, 2.75) is 32.7 Å². The van der Waals surface area contributed by atoms with Crippen LogP contribution in [0.2, 0.25) is 0 Å². The fourth-order valence-electron chi connectivity index (χ4n) is 1.58. The van der Waals surface area contributed by atoms with Crippen molar-refractivity contribution in [3.63, 3.8) is 0 Å². The zero-order valence-electron chi connectivity index (χ0n) is 10.6. The Bertz CT molecular complexity index is 353. The topological polar surface area (TPSA) is 45.0 Å². The number of nitrogens with one attached hydrogen (secondary N) is 1. The Kier molecular flexibility index (Phi) is 6.13. The van der Waals surface area contributed by atoms with Crippen molar-refractivity contribution in [3.8, 4) is 11.8 Å². The fourth-order valence-corrected chi connectivity index (χ4v) is 1.58. The monoisotopic (exact) mass is 232 g/mol. The van der Waals surface area contributed by atoms with Gasteiger partial charge in [-0.05, 0) is 37.6 Å². The van der Waals surface area contributed by atoms with Crippen LogP contribution in [-0.4, -0.2) is 13.2 Å². The van der Waals surface area contributed by atoms with Gasteiger partial charge in [0.1, 0.15) is 11.8 Å². The second-order valence-corrected chi connectivity index (χ2v) is 4.05. The molecule has 3 heteroatoms. The summed E-state index contributed by atoms with van der Waals surface area (Å²) in [5, 5.41) is 11.9. The highest BCUT2D eigenvalue weighted by molar-refractivity contribution is 5.29. The van der Waals surface area contributed by atoms with E-state index in [1.54, 1.807) is 0 Å². The van der Waals surface area contributed by atoms with Crippen LogP contribution in [0.4, 0.5) is 0 Å². The summed E-state index contributed by atoms with van der Waals surface area (Å²) >= 11 is 0. The van der Waals surface area contributed by atoms with Crippen molar-refractivity contribution >= 4 is 0 Å². The molecule has 0 aliphatic carbocycles. The molecule has 1 aromatic carbocycles. The van der Waals surface area contributed by atoms with Crippen LogP contribution in [0.5, 0.6) is 5.75 Å². The smallest absolute Gasteiger partial charge is 0.174 e. The van der Waals surface area contributed by atoms with E-state index in [0.717, 1.165) is 12.3 Å². The largest absolute Gasteiger partial charge is 0.479 e. The number of rotatable bonds is 7. The molecular formula is C14H20N2O. The molecule has 1 rings (SSSR count). The second kappa shape index (κ2) is 7.70. The molecule has 1 atom stereocenters. The molecule has 1 unspecified atom stereocenters. The molecule has 17 heavy (non-hydrogen) atoms. The SMILES string of the molecule is CCCCNC(C)c1ccc(OCC#N)cc1. The summed E-state index contributed by atoms with van der Waals surface area (Å²) in [4.78, 5) is 0. The van der Waals surface area contributed by atoms with Crippen LogP contribution in [-0.2, 0) is 0 Å². The number of nitrogens with zero attached hydrogens (tertiary/aromatic N) is 1. The van der Waals surface area contributed by atoms with Crippen LogP contribution in [0, 0.1) is 11.3 Å². The number of unbranched alkanes of at least 4 members (excludes halogenated alkanes) is 1. The molecule has 0 spiro atoms. The van der Waals surface area contributed by atoms with Crippen LogP contribution >= 0.6 is 0 Å². The number of hydrogen-bond acceptors (Lipinski definition) is 3. The molecule has 0 saturated heterocycles. The summed E-state index contributed by atoms with van der Waals surface area (Å²) < 4.78 is 5.21. The highest BCUT2D eigenvalue weighted by atomic mass is 16.5. The average molecular weight is 232 g/mol. The standard InChI is InChI=1S/C14H20N2O/c1-3-4-10-16-12(2)13-5-7-14(8-6-13)17-11-9-15/h5-8,12,16H,3-4,10-11H2,1-2H3. The predicted molar refractivity (Wildman–Crippen MR) is 68.9 cm³/mol. The van der Waals surface area contributed by atoms with E-state index < -0.39 is 0 Å². The number of nitriles is 1. The molecule has 0 bridgehead atoms. The first-order valence-corrected chi connectivity index (χ1v) is 6.11. The van der Waals surface area contributed by atoms with Gasteiger partial charge in [0.25, 0.3) is 0 Å². The lowest BCUT2D eigenvalue weighted by Crippen LogP contribution is -2.19. The van der Waals surface area contributed by atoms with E-state index >= 15 is 0 Å². The molecular weight excluding hydrogens is 212 g/mol. The summed E-state index contributed by atoms with van der Waals surface area (Å²) in [6.45, 7) is 5.49. The van der Waals surface area contributed by atoms with Gasteiger partial charge in [0.15, 0.2) is 6.61 Å². The maximum atomic E-state index is 8.41. The molecule has 0 heterocycles. The molecule has 0 aromatic heterocycles. The second-order valence-electron chi connectivity index (χ2n) is 4.05. The van der Waals surface area contributed by atoms with Gasteiger partial charge in [-0.2, -0.15) is 5.26 Å². The van der Waals surface area contributed by atoms with Gasteiger partial charge in [-0.25, -0.2) is 0 Å². The Morgan fingerprint density at radius 2 is 2.06 bits per heavy atom. The van der Waals surface area contributed by atoms with Crippen LogP contribution in [0.1, 0.15) is 38.3 Å². The molecule has 1 aromatic rings. The quantitative estimate of drug-likeness (QED) is 0.735. The third kappa shape index (κ3) is 4.88. The minimum atomic E-state index is 0.101. The Labute approximate surface area is 103 Å². The Hall–Kier alpha value is -1.53. The van der Waals surface area contributed by atoms with Gasteiger partial charge < -0.3 is 10.1 Å². The highest BCUT2D eigenvalue weighted by Gasteiger charge is 2.04. The lowest BCUT2D eigenvalue weighted by Gasteiger charge is -2.14. The molecule has 0 saturated carbocycles. The molecule has 0 aliphatic rings. The van der Waals surface area contributed by atoms with Gasteiger partial charge in [-0.15, -0.1) is 0 Å². The van der Waals surface area contributed by atoms with Crippen molar-refractivity contribution in [3.05, 3.63) is 29.8 Å². The summed E-state index contributed by atoms with van der Waals surface area (Å²) in [5.74, 6) is 0.746. The molecule has 92 valence electrons. The molecule has 0 radical (unpaired) electrons. The molecule has 0 aliphatic heterocycles. The lowest BCUT2D eigenvalue weighted by atomic mass is 10.1. The average Bonchev–Trinajstić information content (AvgIpc) is 2.37. The summed E-state index contributed by atoms with van der Waals surface area (Å²) in [6, 6.07) is 10.2. The van der Waals surface area contributed by atoms with Crippen LogP contribution in [0.25, 0.3) is 0 Å². The molecule has 0 fully saturated rings. The van der Waals surface area contributed by atoms with E-state index in [1.807, 2.05) is 30.3 Å². The van der Waals surface area contributed by atoms with Crippen LogP contribution < -0.4 is 10.1 Å². The first-order chi connectivity index (χ1) is 8.27. The molecule has 0 amide bonds. The van der Waals surface area contributed by atoms with E-state index in [0.29, 0.717) is 6.04 Å². The van der Waals surface area contributed by atoms with Gasteiger partial charge in [0, 0.05) is 6.04 Å². The Morgan fingerprint density at radius 3 is 2.65 bits per heavy atom. The van der Waals surface area contributed by atoms with Gasteiger partial charge in [0.05, 0.1) is 0 Å². The third-order valence-electron chi connectivity index (χ3n) is 2.66. The van der Waals surface area contributed by atoms with Gasteiger partial charge in [-0.3, -0.25) is 0 Å². The van der Waals surface area contributed by atoms with Gasteiger partial charge >= 0.3 is 0 Å². The number of ether oxygens (including phenoxy) is 1. The third-order valence-corrected chi connectivity index (χ3v) is 2.66. The van der Waals surface area contributed by atoms with Crippen LogP contribution in [0.15, 0.2) is 24.3 Å². The summed E-state index contributed by atoms with van der Waals surface area (Å²) in [7, 11) is 0. The van der Waals surface area contributed by atoms with Crippen molar-refractivity contribution < 1.29 is 4.74 Å². The summed E-state index contributed by atoms with van der Waals surface area (Å²) in [5.41, 5.74) is 1.24. The number of benzene rings is 1. The van der Waals surface area contributed by atoms with E-state index in [2.05, 4.69) is 19.2 Å². The van der Waals surface area contributed by atoms with Crippen molar-refractivity contribution in [2.75, 3.05) is 13.2 Å². The first kappa shape index (κ1) is 13.5. The minimum Gasteiger partial charge on any atom is -0.479 e. The van der Waals surface area contributed by atoms with Crippen molar-refractivity contribution in [2.24, 2.45) is 0 Å². The molecule has 1 N–H and O–H groups in total. The Balaban J connectivity index is 2.46.